The zero-order chi connectivity index (χ0) is 28.7. The molecule has 0 radical (unpaired) electrons. The molecule has 1 N–H and O–H groups in total. The molecular weight excluding hydrogens is 535 g/mol. The van der Waals surface area contributed by atoms with E-state index in [4.69, 9.17) is 0 Å². The molecule has 2 amide bonds. The third kappa shape index (κ3) is 5.25. The Morgan fingerprint density at radius 2 is 1.93 bits per heavy atom. The van der Waals surface area contributed by atoms with E-state index in [0.717, 1.165) is 19.0 Å². The number of alkyl halides is 5. The van der Waals surface area contributed by atoms with Crippen LogP contribution in [-0.2, 0) is 22.6 Å². The maximum absolute atomic E-state index is 13.4. The largest absolute Gasteiger partial charge is 0.455 e. The van der Waals surface area contributed by atoms with Gasteiger partial charge in [-0.2, -0.15) is 32.3 Å². The Balaban J connectivity index is 1.24. The molecule has 3 aromatic rings. The van der Waals surface area contributed by atoms with Gasteiger partial charge < -0.3 is 10.2 Å². The highest BCUT2D eigenvalue weighted by Gasteiger charge is 2.58. The Bertz CT molecular complexity index is 1490. The maximum Gasteiger partial charge on any atom is 0.455 e. The number of rotatable bonds is 8. The summed E-state index contributed by atoms with van der Waals surface area (Å²) in [5.74, 6) is -5.27. The van der Waals surface area contributed by atoms with Crippen molar-refractivity contribution < 1.29 is 31.5 Å². The molecule has 208 valence electrons. The van der Waals surface area contributed by atoms with Gasteiger partial charge in [0.05, 0.1) is 18.7 Å². The fraction of sp³-hybridized carbons (Fsp3) is 0.370. The van der Waals surface area contributed by atoms with Gasteiger partial charge in [0.15, 0.2) is 0 Å². The van der Waals surface area contributed by atoms with Crippen molar-refractivity contribution in [3.05, 3.63) is 60.6 Å². The van der Waals surface area contributed by atoms with Crippen LogP contribution in [-0.4, -0.2) is 45.2 Å². The van der Waals surface area contributed by atoms with Crippen molar-refractivity contribution in [2.45, 2.75) is 44.3 Å². The van der Waals surface area contributed by atoms with Crippen molar-refractivity contribution in [1.82, 2.24) is 14.8 Å². The van der Waals surface area contributed by atoms with E-state index in [2.05, 4.69) is 21.5 Å². The van der Waals surface area contributed by atoms with Gasteiger partial charge in [0.2, 0.25) is 11.8 Å². The Hall–Kier alpha value is -4.34. The summed E-state index contributed by atoms with van der Waals surface area (Å²) in [7, 11) is 0. The molecule has 2 aliphatic rings. The first-order valence-corrected chi connectivity index (χ1v) is 12.5. The summed E-state index contributed by atoms with van der Waals surface area (Å²) in [5, 5.41) is 16.0. The normalized spacial score (nSPS) is 19.5. The van der Waals surface area contributed by atoms with Gasteiger partial charge in [0.1, 0.15) is 17.8 Å². The van der Waals surface area contributed by atoms with Crippen LogP contribution in [0.25, 0.3) is 11.1 Å². The molecule has 1 saturated carbocycles. The molecule has 5 rings (SSSR count). The van der Waals surface area contributed by atoms with Crippen molar-refractivity contribution in [2.75, 3.05) is 16.8 Å². The molecule has 0 bridgehead atoms. The minimum absolute atomic E-state index is 0.0815. The number of hydrogen-bond acceptors (Lipinski definition) is 5. The number of carbonyl (C=O) groups excluding carboxylic acids is 2. The summed E-state index contributed by atoms with van der Waals surface area (Å²) in [5.41, 5.74) is 0.884. The quantitative estimate of drug-likeness (QED) is 0.393. The standard InChI is InChI=1S/C27H23F5N6O2/c28-26(29,27(30,31)32)16-37-14-19(13-35-37)18-3-1-2-17(10-18)11-23(39)36-22-12-21(6-8-34-22)38-9-7-25(15-33,24(38)40)20-4-5-20/h1-3,6,8,10,12-14,20H,4-5,7,9,11,16H2,(H,34,36,39)/t25-/m1/s1. The maximum atomic E-state index is 13.4. The van der Waals surface area contributed by atoms with Gasteiger partial charge in [-0.1, -0.05) is 24.3 Å². The third-order valence-electron chi connectivity index (χ3n) is 7.19. The van der Waals surface area contributed by atoms with E-state index in [1.807, 2.05) is 0 Å². The molecule has 0 unspecified atom stereocenters. The van der Waals surface area contributed by atoms with Gasteiger partial charge in [0.25, 0.3) is 0 Å². The van der Waals surface area contributed by atoms with Gasteiger partial charge >= 0.3 is 12.1 Å². The van der Waals surface area contributed by atoms with Crippen molar-refractivity contribution in [3.8, 4) is 17.2 Å². The Morgan fingerprint density at radius 1 is 1.15 bits per heavy atom. The van der Waals surface area contributed by atoms with Crippen molar-refractivity contribution in [2.24, 2.45) is 11.3 Å². The predicted octanol–water partition coefficient (Wildman–Crippen LogP) is 4.98. The number of halogens is 5. The fourth-order valence-electron chi connectivity index (χ4n) is 4.91. The molecule has 1 aliphatic carbocycles. The molecule has 1 atom stereocenters. The van der Waals surface area contributed by atoms with Crippen LogP contribution in [0.15, 0.2) is 55.0 Å². The van der Waals surface area contributed by atoms with Gasteiger partial charge in [-0.25, -0.2) is 4.98 Å². The second-order valence-corrected chi connectivity index (χ2v) is 10.0. The Kier molecular flexibility index (Phi) is 6.81. The molecule has 1 aliphatic heterocycles. The highest BCUT2D eigenvalue weighted by molar-refractivity contribution is 6.02. The number of benzene rings is 1. The van der Waals surface area contributed by atoms with Crippen LogP contribution in [0.5, 0.6) is 0 Å². The molecule has 2 aromatic heterocycles. The van der Waals surface area contributed by atoms with Gasteiger partial charge in [-0.05, 0) is 42.4 Å². The van der Waals surface area contributed by atoms with E-state index in [1.165, 1.54) is 12.4 Å². The summed E-state index contributed by atoms with van der Waals surface area (Å²) >= 11 is 0. The Labute approximate surface area is 225 Å². The summed E-state index contributed by atoms with van der Waals surface area (Å²) < 4.78 is 64.8. The number of amides is 2. The number of carbonyl (C=O) groups is 2. The van der Waals surface area contributed by atoms with E-state index in [9.17, 15) is 36.8 Å². The minimum Gasteiger partial charge on any atom is -0.311 e. The molecular formula is C27H23F5N6O2. The number of anilines is 2. The van der Waals surface area contributed by atoms with Crippen LogP contribution in [0.1, 0.15) is 24.8 Å². The number of nitriles is 1. The first kappa shape index (κ1) is 27.2. The molecule has 1 aromatic carbocycles. The molecule has 8 nitrogen and oxygen atoms in total. The van der Waals surface area contributed by atoms with Gasteiger partial charge in [0, 0.05) is 36.3 Å². The summed E-state index contributed by atoms with van der Waals surface area (Å²) in [4.78, 5) is 31.5. The second-order valence-electron chi connectivity index (χ2n) is 10.0. The first-order valence-electron chi connectivity index (χ1n) is 12.5. The fourth-order valence-corrected chi connectivity index (χ4v) is 4.91. The Morgan fingerprint density at radius 3 is 2.62 bits per heavy atom. The minimum atomic E-state index is -5.69. The lowest BCUT2D eigenvalue weighted by molar-refractivity contribution is -0.287. The van der Waals surface area contributed by atoms with Crippen molar-refractivity contribution in [3.63, 3.8) is 0 Å². The van der Waals surface area contributed by atoms with Crippen LogP contribution >= 0.6 is 0 Å². The van der Waals surface area contributed by atoms with E-state index < -0.39 is 30.0 Å². The lowest BCUT2D eigenvalue weighted by Crippen LogP contribution is -2.40. The molecule has 3 heterocycles. The second kappa shape index (κ2) is 10.0. The molecule has 1 saturated heterocycles. The van der Waals surface area contributed by atoms with Crippen LogP contribution in [0.2, 0.25) is 0 Å². The average molecular weight is 559 g/mol. The number of hydrogen-bond donors (Lipinski definition) is 1. The molecule has 2 fully saturated rings. The van der Waals surface area contributed by atoms with E-state index >= 15 is 0 Å². The van der Waals surface area contributed by atoms with Crippen LogP contribution in [0, 0.1) is 22.7 Å². The van der Waals surface area contributed by atoms with Crippen molar-refractivity contribution >= 4 is 23.3 Å². The smallest absolute Gasteiger partial charge is 0.311 e. The summed E-state index contributed by atoms with van der Waals surface area (Å²) in [6.45, 7) is -1.25. The number of pyridine rings is 1. The van der Waals surface area contributed by atoms with Gasteiger partial charge in [-0.3, -0.25) is 14.3 Å². The molecule has 0 spiro atoms. The van der Waals surface area contributed by atoms with Crippen LogP contribution in [0.3, 0.4) is 0 Å². The highest BCUT2D eigenvalue weighted by Crippen LogP contribution is 2.52. The summed E-state index contributed by atoms with van der Waals surface area (Å²) in [6.07, 6.45) is 0.123. The zero-order valence-corrected chi connectivity index (χ0v) is 21.0. The molecule has 40 heavy (non-hydrogen) atoms. The summed E-state index contributed by atoms with van der Waals surface area (Å²) in [6, 6.07) is 12.0. The highest BCUT2D eigenvalue weighted by atomic mass is 19.4. The lowest BCUT2D eigenvalue weighted by atomic mass is 9.83. The van der Waals surface area contributed by atoms with Gasteiger partial charge in [-0.15, -0.1) is 0 Å². The van der Waals surface area contributed by atoms with Crippen LogP contribution < -0.4 is 10.2 Å². The number of aromatic nitrogens is 3. The SMILES string of the molecule is N#C[C@@]1(C2CC2)CCN(c2ccnc(NC(=O)Cc3cccc(-c4cnn(CC(F)(F)C(F)(F)F)c4)c3)c2)C1=O. The third-order valence-corrected chi connectivity index (χ3v) is 7.19. The van der Waals surface area contributed by atoms with E-state index in [1.54, 1.807) is 41.3 Å². The van der Waals surface area contributed by atoms with E-state index in [-0.39, 0.29) is 24.1 Å². The zero-order valence-electron chi connectivity index (χ0n) is 21.0. The first-order chi connectivity index (χ1) is 18.9. The average Bonchev–Trinajstić information content (AvgIpc) is 3.55. The number of nitrogens with one attached hydrogen (secondary N) is 1. The molecule has 13 heteroatoms. The topological polar surface area (TPSA) is 104 Å². The lowest BCUT2D eigenvalue weighted by Gasteiger charge is -2.21. The predicted molar refractivity (Wildman–Crippen MR) is 133 cm³/mol. The number of nitrogens with zero attached hydrogens (tertiary/aromatic N) is 5. The van der Waals surface area contributed by atoms with Crippen LogP contribution in [0.4, 0.5) is 33.5 Å². The van der Waals surface area contributed by atoms with E-state index in [0.29, 0.717) is 40.0 Å². The van der Waals surface area contributed by atoms with Crippen molar-refractivity contribution in [1.29, 1.82) is 5.26 Å². The monoisotopic (exact) mass is 558 g/mol.